The number of hydrogen-bond acceptors (Lipinski definition) is 2. The fourth-order valence-corrected chi connectivity index (χ4v) is 1.91. The van der Waals surface area contributed by atoms with E-state index in [0.29, 0.717) is 0 Å². The maximum Gasteiger partial charge on any atom is 0.309 e. The van der Waals surface area contributed by atoms with E-state index in [-0.39, 0.29) is 18.0 Å². The van der Waals surface area contributed by atoms with Crippen molar-refractivity contribution in [3.05, 3.63) is 0 Å². The Labute approximate surface area is 73.3 Å². The summed E-state index contributed by atoms with van der Waals surface area (Å²) in [5, 5.41) is 0. The molecule has 0 aromatic carbocycles. The van der Waals surface area contributed by atoms with Crippen LogP contribution >= 0.6 is 0 Å². The van der Waals surface area contributed by atoms with Crippen LogP contribution in [-0.2, 0) is 9.53 Å². The quantitative estimate of drug-likeness (QED) is 0.591. The van der Waals surface area contributed by atoms with Crippen LogP contribution in [0.2, 0.25) is 0 Å². The van der Waals surface area contributed by atoms with Crippen LogP contribution in [-0.4, -0.2) is 12.1 Å². The van der Waals surface area contributed by atoms with Gasteiger partial charge in [0, 0.05) is 0 Å². The Morgan fingerprint density at radius 3 is 2.17 bits per heavy atom. The van der Waals surface area contributed by atoms with Crippen molar-refractivity contribution in [2.75, 3.05) is 0 Å². The molecule has 0 aromatic heterocycles. The molecule has 2 nitrogen and oxygen atoms in total. The fraction of sp³-hybridized carbons (Fsp3) is 0.900. The van der Waals surface area contributed by atoms with Crippen molar-refractivity contribution in [3.63, 3.8) is 0 Å². The molecule has 2 fully saturated rings. The van der Waals surface area contributed by atoms with E-state index in [4.69, 9.17) is 4.74 Å². The van der Waals surface area contributed by atoms with Crippen LogP contribution in [0.4, 0.5) is 0 Å². The van der Waals surface area contributed by atoms with Crippen molar-refractivity contribution in [2.45, 2.75) is 51.0 Å². The topological polar surface area (TPSA) is 26.3 Å². The second kappa shape index (κ2) is 3.46. The summed E-state index contributed by atoms with van der Waals surface area (Å²) in [4.78, 5) is 11.4. The molecule has 2 aliphatic rings. The van der Waals surface area contributed by atoms with Gasteiger partial charge in [-0.1, -0.05) is 12.8 Å². The van der Waals surface area contributed by atoms with Crippen molar-refractivity contribution in [1.82, 2.24) is 0 Å². The normalized spacial score (nSPS) is 25.3. The standard InChI is InChI=1S/C10H16O2/c11-10(8-4-1-2-5-8)12-9-6-3-7-9/h8-9H,1-7H2. The molecule has 0 saturated heterocycles. The molecule has 0 spiro atoms. The number of carbonyl (C=O) groups is 1. The Hall–Kier alpha value is -0.530. The Bertz CT molecular complexity index is 167. The minimum Gasteiger partial charge on any atom is -0.462 e. The lowest BCUT2D eigenvalue weighted by Crippen LogP contribution is -2.28. The van der Waals surface area contributed by atoms with Gasteiger partial charge < -0.3 is 4.74 Å². The molecule has 2 saturated carbocycles. The van der Waals surface area contributed by atoms with Gasteiger partial charge in [0.1, 0.15) is 6.10 Å². The highest BCUT2D eigenvalue weighted by molar-refractivity contribution is 5.72. The number of esters is 1. The molecular weight excluding hydrogens is 152 g/mol. The van der Waals surface area contributed by atoms with Crippen LogP contribution in [0.1, 0.15) is 44.9 Å². The lowest BCUT2D eigenvalue weighted by molar-refractivity contribution is -0.157. The maximum absolute atomic E-state index is 11.4. The zero-order valence-electron chi connectivity index (χ0n) is 7.42. The van der Waals surface area contributed by atoms with Gasteiger partial charge in [0.2, 0.25) is 0 Å². The Balaban J connectivity index is 1.74. The average molecular weight is 168 g/mol. The third-order valence-corrected chi connectivity index (χ3v) is 3.02. The van der Waals surface area contributed by atoms with Crippen LogP contribution in [0.5, 0.6) is 0 Å². The highest BCUT2D eigenvalue weighted by Gasteiger charge is 2.28. The minimum absolute atomic E-state index is 0.0807. The van der Waals surface area contributed by atoms with E-state index < -0.39 is 0 Å². The summed E-state index contributed by atoms with van der Waals surface area (Å²) in [6.07, 6.45) is 8.25. The van der Waals surface area contributed by atoms with E-state index in [2.05, 4.69) is 0 Å². The van der Waals surface area contributed by atoms with Crippen molar-refractivity contribution in [2.24, 2.45) is 5.92 Å². The van der Waals surface area contributed by atoms with Gasteiger partial charge in [-0.2, -0.15) is 0 Å². The lowest BCUT2D eigenvalue weighted by atomic mass is 9.96. The summed E-state index contributed by atoms with van der Waals surface area (Å²) >= 11 is 0. The Kier molecular flexibility index (Phi) is 2.33. The molecule has 0 bridgehead atoms. The molecule has 2 heteroatoms. The van der Waals surface area contributed by atoms with Gasteiger partial charge in [0.25, 0.3) is 0 Å². The molecule has 0 heterocycles. The number of rotatable bonds is 2. The molecule has 68 valence electrons. The van der Waals surface area contributed by atoms with Gasteiger partial charge in [-0.3, -0.25) is 4.79 Å². The highest BCUT2D eigenvalue weighted by atomic mass is 16.5. The monoisotopic (exact) mass is 168 g/mol. The predicted molar refractivity (Wildman–Crippen MR) is 45.7 cm³/mol. The summed E-state index contributed by atoms with van der Waals surface area (Å²) in [7, 11) is 0. The van der Waals surface area contributed by atoms with E-state index in [1.165, 1.54) is 19.3 Å². The largest absolute Gasteiger partial charge is 0.462 e. The zero-order valence-corrected chi connectivity index (χ0v) is 7.42. The first-order valence-corrected chi connectivity index (χ1v) is 5.07. The van der Waals surface area contributed by atoms with Crippen LogP contribution in [0.25, 0.3) is 0 Å². The molecule has 2 aliphatic carbocycles. The van der Waals surface area contributed by atoms with Crippen molar-refractivity contribution in [3.8, 4) is 0 Å². The maximum atomic E-state index is 11.4. The summed E-state index contributed by atoms with van der Waals surface area (Å²) in [5.74, 6) is 0.322. The van der Waals surface area contributed by atoms with Crippen LogP contribution in [0, 0.1) is 5.92 Å². The molecule has 0 amide bonds. The second-order valence-electron chi connectivity index (χ2n) is 3.97. The van der Waals surface area contributed by atoms with E-state index in [1.807, 2.05) is 0 Å². The molecule has 12 heavy (non-hydrogen) atoms. The second-order valence-corrected chi connectivity index (χ2v) is 3.97. The minimum atomic E-state index is 0.0807. The number of carbonyl (C=O) groups excluding carboxylic acids is 1. The van der Waals surface area contributed by atoms with Crippen LogP contribution < -0.4 is 0 Å². The molecule has 0 unspecified atom stereocenters. The fourth-order valence-electron chi connectivity index (χ4n) is 1.91. The van der Waals surface area contributed by atoms with Gasteiger partial charge in [0.05, 0.1) is 5.92 Å². The summed E-state index contributed by atoms with van der Waals surface area (Å²) in [6.45, 7) is 0. The van der Waals surface area contributed by atoms with E-state index >= 15 is 0 Å². The predicted octanol–water partition coefficient (Wildman–Crippen LogP) is 2.27. The van der Waals surface area contributed by atoms with Crippen molar-refractivity contribution in [1.29, 1.82) is 0 Å². The smallest absolute Gasteiger partial charge is 0.309 e. The van der Waals surface area contributed by atoms with Gasteiger partial charge >= 0.3 is 5.97 Å². The average Bonchev–Trinajstić information content (AvgIpc) is 2.47. The third-order valence-electron chi connectivity index (χ3n) is 3.02. The first-order valence-electron chi connectivity index (χ1n) is 5.07. The number of hydrogen-bond donors (Lipinski definition) is 0. The number of ether oxygens (including phenoxy) is 1. The molecule has 2 rings (SSSR count). The van der Waals surface area contributed by atoms with Gasteiger partial charge in [-0.25, -0.2) is 0 Å². The van der Waals surface area contributed by atoms with Crippen molar-refractivity contribution < 1.29 is 9.53 Å². The first kappa shape index (κ1) is 8.09. The Morgan fingerprint density at radius 1 is 1.00 bits per heavy atom. The summed E-state index contributed by atoms with van der Waals surface area (Å²) in [6, 6.07) is 0. The molecule has 0 radical (unpaired) electrons. The van der Waals surface area contributed by atoms with E-state index in [9.17, 15) is 4.79 Å². The van der Waals surface area contributed by atoms with Crippen LogP contribution in [0.3, 0.4) is 0 Å². The molecule has 0 N–H and O–H groups in total. The Morgan fingerprint density at radius 2 is 1.67 bits per heavy atom. The SMILES string of the molecule is O=C(OC1CCC1)C1CCCC1. The molecule has 0 aliphatic heterocycles. The molecule has 0 aromatic rings. The zero-order chi connectivity index (χ0) is 8.39. The van der Waals surface area contributed by atoms with Crippen molar-refractivity contribution >= 4 is 5.97 Å². The van der Waals surface area contributed by atoms with Crippen LogP contribution in [0.15, 0.2) is 0 Å². The molecular formula is C10H16O2. The van der Waals surface area contributed by atoms with Gasteiger partial charge in [0.15, 0.2) is 0 Å². The lowest BCUT2D eigenvalue weighted by Gasteiger charge is -2.26. The van der Waals surface area contributed by atoms with Gasteiger partial charge in [-0.05, 0) is 32.1 Å². The third kappa shape index (κ3) is 1.62. The molecule has 0 atom stereocenters. The van der Waals surface area contributed by atoms with E-state index in [1.54, 1.807) is 0 Å². The summed E-state index contributed by atoms with van der Waals surface area (Å²) < 4.78 is 5.33. The first-order chi connectivity index (χ1) is 5.86. The highest BCUT2D eigenvalue weighted by Crippen LogP contribution is 2.29. The van der Waals surface area contributed by atoms with Gasteiger partial charge in [-0.15, -0.1) is 0 Å². The van der Waals surface area contributed by atoms with E-state index in [0.717, 1.165) is 25.7 Å². The summed E-state index contributed by atoms with van der Waals surface area (Å²) in [5.41, 5.74) is 0.